The number of nitrogens with zero attached hydrogens (tertiary/aromatic N) is 3. The highest BCUT2D eigenvalue weighted by Gasteiger charge is 2.28. The minimum Gasteiger partial charge on any atom is -0.497 e. The molecule has 0 aliphatic carbocycles. The van der Waals surface area contributed by atoms with E-state index in [1.807, 2.05) is 17.8 Å². The van der Waals surface area contributed by atoms with Crippen LogP contribution in [0.1, 0.15) is 11.9 Å². The topological polar surface area (TPSA) is 80.7 Å². The van der Waals surface area contributed by atoms with Crippen LogP contribution in [0.4, 0.5) is 5.69 Å². The Hall–Kier alpha value is -2.58. The molecule has 0 bridgehead atoms. The Bertz CT molecular complexity index is 761. The second-order valence-electron chi connectivity index (χ2n) is 6.20. The molecule has 1 atom stereocenters. The van der Waals surface area contributed by atoms with E-state index in [2.05, 4.69) is 20.5 Å². The van der Waals surface area contributed by atoms with E-state index in [1.54, 1.807) is 38.6 Å². The molecule has 0 spiro atoms. The van der Waals surface area contributed by atoms with Gasteiger partial charge in [0, 0.05) is 45.1 Å². The first-order valence-corrected chi connectivity index (χ1v) is 8.56. The highest BCUT2D eigenvalue weighted by atomic mass is 16.5. The van der Waals surface area contributed by atoms with Gasteiger partial charge >= 0.3 is 0 Å². The van der Waals surface area contributed by atoms with E-state index < -0.39 is 0 Å². The zero-order valence-electron chi connectivity index (χ0n) is 15.4. The first-order chi connectivity index (χ1) is 12.6. The standard InChI is InChI=1S/C18H25N5O3/c1-22-8-7-20-18(22)15-11-19-6-9-23(15)12-17(24)21-14-10-13(25-2)4-5-16(14)26-3/h4-5,7-8,10,15,19H,6,9,11-12H2,1-3H3,(H,21,24). The molecule has 1 amide bonds. The van der Waals surface area contributed by atoms with Crippen molar-refractivity contribution in [2.24, 2.45) is 7.05 Å². The number of rotatable bonds is 6. The van der Waals surface area contributed by atoms with E-state index in [9.17, 15) is 4.79 Å². The first-order valence-electron chi connectivity index (χ1n) is 8.56. The van der Waals surface area contributed by atoms with Crippen LogP contribution in [0, 0.1) is 0 Å². The van der Waals surface area contributed by atoms with Crippen LogP contribution in [-0.4, -0.2) is 60.8 Å². The Morgan fingerprint density at radius 3 is 2.92 bits per heavy atom. The lowest BCUT2D eigenvalue weighted by atomic mass is 10.1. The summed E-state index contributed by atoms with van der Waals surface area (Å²) in [4.78, 5) is 19.2. The Morgan fingerprint density at radius 1 is 1.38 bits per heavy atom. The summed E-state index contributed by atoms with van der Waals surface area (Å²) in [5.41, 5.74) is 0.598. The molecule has 1 saturated heterocycles. The molecule has 0 saturated carbocycles. The molecule has 1 aliphatic rings. The van der Waals surface area contributed by atoms with E-state index in [0.717, 1.165) is 25.5 Å². The fourth-order valence-electron chi connectivity index (χ4n) is 3.17. The summed E-state index contributed by atoms with van der Waals surface area (Å²) in [7, 11) is 5.13. The summed E-state index contributed by atoms with van der Waals surface area (Å²) in [5, 5.41) is 6.30. The van der Waals surface area contributed by atoms with E-state index in [-0.39, 0.29) is 18.5 Å². The quantitative estimate of drug-likeness (QED) is 0.802. The molecule has 8 nitrogen and oxygen atoms in total. The van der Waals surface area contributed by atoms with Crippen molar-refractivity contribution >= 4 is 11.6 Å². The van der Waals surface area contributed by atoms with Crippen LogP contribution in [0.25, 0.3) is 0 Å². The summed E-state index contributed by atoms with van der Waals surface area (Å²) in [6.07, 6.45) is 3.70. The lowest BCUT2D eigenvalue weighted by molar-refractivity contribution is -0.118. The number of aromatic nitrogens is 2. The molecule has 26 heavy (non-hydrogen) atoms. The maximum atomic E-state index is 12.7. The third-order valence-corrected chi connectivity index (χ3v) is 4.54. The number of hydrogen-bond donors (Lipinski definition) is 2. The first kappa shape index (κ1) is 18.2. The number of methoxy groups -OCH3 is 2. The predicted octanol–water partition coefficient (Wildman–Crippen LogP) is 1.02. The molecule has 1 fully saturated rings. The number of nitrogens with one attached hydrogen (secondary N) is 2. The monoisotopic (exact) mass is 359 g/mol. The number of aryl methyl sites for hydroxylation is 1. The van der Waals surface area contributed by atoms with Gasteiger partial charge in [0.05, 0.1) is 32.5 Å². The van der Waals surface area contributed by atoms with Crippen LogP contribution in [0.2, 0.25) is 0 Å². The average molecular weight is 359 g/mol. The van der Waals surface area contributed by atoms with Crippen LogP contribution in [0.15, 0.2) is 30.6 Å². The third-order valence-electron chi connectivity index (χ3n) is 4.54. The van der Waals surface area contributed by atoms with Gasteiger partial charge in [0.15, 0.2) is 0 Å². The predicted molar refractivity (Wildman–Crippen MR) is 98.6 cm³/mol. The largest absolute Gasteiger partial charge is 0.497 e. The summed E-state index contributed by atoms with van der Waals surface area (Å²) in [6, 6.07) is 5.38. The molecule has 2 aromatic rings. The molecule has 140 valence electrons. The van der Waals surface area contributed by atoms with Crippen LogP contribution in [0.3, 0.4) is 0 Å². The molecule has 8 heteroatoms. The van der Waals surface area contributed by atoms with Gasteiger partial charge in [-0.2, -0.15) is 0 Å². The van der Waals surface area contributed by atoms with Crippen LogP contribution >= 0.6 is 0 Å². The second kappa shape index (κ2) is 8.20. The number of carbonyl (C=O) groups is 1. The van der Waals surface area contributed by atoms with Gasteiger partial charge in [-0.1, -0.05) is 0 Å². The SMILES string of the molecule is COc1ccc(OC)c(NC(=O)CN2CCNCC2c2nccn2C)c1. The zero-order chi connectivity index (χ0) is 18.5. The van der Waals surface area contributed by atoms with Gasteiger partial charge in [-0.05, 0) is 12.1 Å². The molecule has 2 N–H and O–H groups in total. The fourth-order valence-corrected chi connectivity index (χ4v) is 3.17. The summed E-state index contributed by atoms with van der Waals surface area (Å²) >= 11 is 0. The van der Waals surface area contributed by atoms with Crippen molar-refractivity contribution in [3.63, 3.8) is 0 Å². The maximum Gasteiger partial charge on any atom is 0.238 e. The van der Waals surface area contributed by atoms with Gasteiger partial charge in [0.1, 0.15) is 17.3 Å². The van der Waals surface area contributed by atoms with Crippen molar-refractivity contribution < 1.29 is 14.3 Å². The van der Waals surface area contributed by atoms with Gasteiger partial charge in [-0.25, -0.2) is 4.98 Å². The smallest absolute Gasteiger partial charge is 0.238 e. The number of amides is 1. The number of benzene rings is 1. The van der Waals surface area contributed by atoms with E-state index in [1.165, 1.54) is 0 Å². The molecule has 1 aromatic carbocycles. The Balaban J connectivity index is 1.71. The molecule has 0 radical (unpaired) electrons. The number of anilines is 1. The summed E-state index contributed by atoms with van der Waals surface area (Å²) in [5.74, 6) is 2.11. The molecule has 2 heterocycles. The molecular weight excluding hydrogens is 334 g/mol. The maximum absolute atomic E-state index is 12.7. The van der Waals surface area contributed by atoms with Crippen LogP contribution < -0.4 is 20.1 Å². The van der Waals surface area contributed by atoms with Gasteiger partial charge in [0.2, 0.25) is 5.91 Å². The number of ether oxygens (including phenoxy) is 2. The van der Waals surface area contributed by atoms with Crippen molar-refractivity contribution in [3.8, 4) is 11.5 Å². The van der Waals surface area contributed by atoms with Gasteiger partial charge in [-0.3, -0.25) is 9.69 Å². The molecule has 1 unspecified atom stereocenters. The third kappa shape index (κ3) is 3.97. The van der Waals surface area contributed by atoms with Crippen molar-refractivity contribution in [1.29, 1.82) is 0 Å². The molecular formula is C18H25N5O3. The van der Waals surface area contributed by atoms with Crippen molar-refractivity contribution in [2.45, 2.75) is 6.04 Å². The minimum atomic E-state index is -0.0994. The van der Waals surface area contributed by atoms with Gasteiger partial charge in [-0.15, -0.1) is 0 Å². The van der Waals surface area contributed by atoms with Crippen molar-refractivity contribution in [2.75, 3.05) is 45.7 Å². The lowest BCUT2D eigenvalue weighted by Gasteiger charge is -2.35. The number of carbonyl (C=O) groups excluding carboxylic acids is 1. The normalized spacial score (nSPS) is 17.7. The zero-order valence-corrected chi connectivity index (χ0v) is 15.4. The molecule has 1 aromatic heterocycles. The molecule has 1 aliphatic heterocycles. The Labute approximate surface area is 153 Å². The number of imidazole rings is 1. The summed E-state index contributed by atoms with van der Waals surface area (Å²) in [6.45, 7) is 2.66. The Kier molecular flexibility index (Phi) is 5.75. The minimum absolute atomic E-state index is 0.0571. The van der Waals surface area contributed by atoms with Gasteiger partial charge < -0.3 is 24.7 Å². The number of piperazine rings is 1. The number of hydrogen-bond acceptors (Lipinski definition) is 6. The average Bonchev–Trinajstić information content (AvgIpc) is 3.07. The highest BCUT2D eigenvalue weighted by molar-refractivity contribution is 5.94. The summed E-state index contributed by atoms with van der Waals surface area (Å²) < 4.78 is 12.5. The van der Waals surface area contributed by atoms with Crippen LogP contribution in [-0.2, 0) is 11.8 Å². The highest BCUT2D eigenvalue weighted by Crippen LogP contribution is 2.29. The fraction of sp³-hybridized carbons (Fsp3) is 0.444. The van der Waals surface area contributed by atoms with E-state index in [0.29, 0.717) is 17.2 Å². The molecule has 3 rings (SSSR count). The Morgan fingerprint density at radius 2 is 2.23 bits per heavy atom. The van der Waals surface area contributed by atoms with E-state index >= 15 is 0 Å². The second-order valence-corrected chi connectivity index (χ2v) is 6.20. The van der Waals surface area contributed by atoms with E-state index in [4.69, 9.17) is 9.47 Å². The van der Waals surface area contributed by atoms with Crippen LogP contribution in [0.5, 0.6) is 11.5 Å². The van der Waals surface area contributed by atoms with Crippen molar-refractivity contribution in [3.05, 3.63) is 36.4 Å². The van der Waals surface area contributed by atoms with Crippen molar-refractivity contribution in [1.82, 2.24) is 19.8 Å². The van der Waals surface area contributed by atoms with Gasteiger partial charge in [0.25, 0.3) is 0 Å². The lowest BCUT2D eigenvalue weighted by Crippen LogP contribution is -2.49.